The Bertz CT molecular complexity index is 588. The molecule has 6 nitrogen and oxygen atoms in total. The number of carbonyl (C=O) groups is 2. The fourth-order valence-electron chi connectivity index (χ4n) is 2.87. The van der Waals surface area contributed by atoms with E-state index in [2.05, 4.69) is 0 Å². The molecule has 1 aliphatic heterocycles. The molecule has 126 valence electrons. The van der Waals surface area contributed by atoms with E-state index in [9.17, 15) is 9.59 Å². The number of nitrogens with zero attached hydrogens (tertiary/aromatic N) is 2. The molecule has 1 atom stereocenters. The Morgan fingerprint density at radius 1 is 1.30 bits per heavy atom. The summed E-state index contributed by atoms with van der Waals surface area (Å²) >= 11 is 0. The van der Waals surface area contributed by atoms with Crippen molar-refractivity contribution >= 4 is 17.5 Å². The lowest BCUT2D eigenvalue weighted by Crippen LogP contribution is -2.35. The molecule has 1 aliphatic rings. The van der Waals surface area contributed by atoms with Gasteiger partial charge in [0.25, 0.3) is 0 Å². The summed E-state index contributed by atoms with van der Waals surface area (Å²) in [6.07, 6.45) is 1.16. The summed E-state index contributed by atoms with van der Waals surface area (Å²) in [6.45, 7) is 3.14. The Balaban J connectivity index is 2.16. The predicted molar refractivity (Wildman–Crippen MR) is 87.9 cm³/mol. The van der Waals surface area contributed by atoms with E-state index >= 15 is 0 Å². The van der Waals surface area contributed by atoms with Gasteiger partial charge in [-0.05, 0) is 18.6 Å². The number of hydrogen-bond acceptors (Lipinski definition) is 4. The predicted octanol–water partition coefficient (Wildman–Crippen LogP) is 1.93. The van der Waals surface area contributed by atoms with Gasteiger partial charge in [-0.2, -0.15) is 0 Å². The lowest BCUT2D eigenvalue weighted by molar-refractivity contribution is -0.134. The minimum atomic E-state index is -0.285. The van der Waals surface area contributed by atoms with E-state index in [4.69, 9.17) is 9.47 Å². The molecule has 0 saturated carbocycles. The largest absolute Gasteiger partial charge is 0.493 e. The quantitative estimate of drug-likeness (QED) is 0.803. The second-order valence-electron chi connectivity index (χ2n) is 5.70. The summed E-state index contributed by atoms with van der Waals surface area (Å²) in [4.78, 5) is 28.0. The van der Waals surface area contributed by atoms with E-state index in [0.717, 1.165) is 12.1 Å². The van der Waals surface area contributed by atoms with Crippen molar-refractivity contribution < 1.29 is 19.1 Å². The number of amides is 2. The van der Waals surface area contributed by atoms with Crippen molar-refractivity contribution in [1.29, 1.82) is 0 Å². The number of carbonyl (C=O) groups excluding carboxylic acids is 2. The van der Waals surface area contributed by atoms with E-state index in [1.54, 1.807) is 43.2 Å². The van der Waals surface area contributed by atoms with Gasteiger partial charge in [-0.25, -0.2) is 0 Å². The number of benzene rings is 1. The molecule has 0 aliphatic carbocycles. The normalized spacial score (nSPS) is 17.3. The van der Waals surface area contributed by atoms with E-state index in [1.807, 2.05) is 13.0 Å². The number of methoxy groups -OCH3 is 2. The van der Waals surface area contributed by atoms with E-state index in [1.165, 1.54) is 0 Å². The van der Waals surface area contributed by atoms with Crippen molar-refractivity contribution in [2.75, 3.05) is 39.3 Å². The molecule has 1 aromatic carbocycles. The number of hydrogen-bond donors (Lipinski definition) is 0. The second kappa shape index (κ2) is 7.35. The van der Waals surface area contributed by atoms with Crippen LogP contribution in [0.3, 0.4) is 0 Å². The first kappa shape index (κ1) is 17.1. The second-order valence-corrected chi connectivity index (χ2v) is 5.70. The zero-order valence-corrected chi connectivity index (χ0v) is 14.2. The van der Waals surface area contributed by atoms with Crippen molar-refractivity contribution in [3.05, 3.63) is 18.2 Å². The average Bonchev–Trinajstić information content (AvgIpc) is 2.95. The molecule has 0 spiro atoms. The Morgan fingerprint density at radius 3 is 2.61 bits per heavy atom. The van der Waals surface area contributed by atoms with Crippen molar-refractivity contribution in [2.24, 2.45) is 5.92 Å². The summed E-state index contributed by atoms with van der Waals surface area (Å²) in [7, 11) is 4.91. The highest BCUT2D eigenvalue weighted by Crippen LogP contribution is 2.34. The van der Waals surface area contributed by atoms with Gasteiger partial charge in [0, 0.05) is 38.3 Å². The van der Waals surface area contributed by atoms with Crippen LogP contribution in [0.5, 0.6) is 11.5 Å². The molecule has 1 saturated heterocycles. The van der Waals surface area contributed by atoms with Crippen LogP contribution < -0.4 is 14.4 Å². The zero-order valence-electron chi connectivity index (χ0n) is 14.2. The van der Waals surface area contributed by atoms with Crippen LogP contribution in [0.15, 0.2) is 18.2 Å². The lowest BCUT2D eigenvalue weighted by atomic mass is 10.1. The number of anilines is 1. The van der Waals surface area contributed by atoms with Crippen LogP contribution in [0.1, 0.15) is 19.8 Å². The third kappa shape index (κ3) is 3.57. The Morgan fingerprint density at radius 2 is 2.00 bits per heavy atom. The maximum Gasteiger partial charge on any atom is 0.227 e. The third-order valence-corrected chi connectivity index (χ3v) is 4.09. The van der Waals surface area contributed by atoms with Gasteiger partial charge in [-0.15, -0.1) is 0 Å². The Hall–Kier alpha value is -2.24. The fourth-order valence-corrected chi connectivity index (χ4v) is 2.87. The summed E-state index contributed by atoms with van der Waals surface area (Å²) < 4.78 is 10.5. The molecule has 0 N–H and O–H groups in total. The highest BCUT2D eigenvalue weighted by Gasteiger charge is 2.36. The van der Waals surface area contributed by atoms with Gasteiger partial charge in [0.2, 0.25) is 11.8 Å². The van der Waals surface area contributed by atoms with Crippen LogP contribution in [0, 0.1) is 5.92 Å². The molecule has 1 fully saturated rings. The lowest BCUT2D eigenvalue weighted by Gasteiger charge is -2.21. The van der Waals surface area contributed by atoms with Crippen molar-refractivity contribution in [3.63, 3.8) is 0 Å². The highest BCUT2D eigenvalue weighted by atomic mass is 16.5. The first-order valence-electron chi connectivity index (χ1n) is 7.79. The van der Waals surface area contributed by atoms with Gasteiger partial charge in [0.05, 0.1) is 20.1 Å². The van der Waals surface area contributed by atoms with E-state index in [-0.39, 0.29) is 24.2 Å². The average molecular weight is 320 g/mol. The van der Waals surface area contributed by atoms with Crippen LogP contribution in [0.4, 0.5) is 5.69 Å². The maximum atomic E-state index is 12.4. The smallest absolute Gasteiger partial charge is 0.227 e. The molecule has 0 bridgehead atoms. The van der Waals surface area contributed by atoms with E-state index < -0.39 is 0 Å². The number of ether oxygens (including phenoxy) is 2. The molecule has 1 unspecified atom stereocenters. The van der Waals surface area contributed by atoms with Crippen molar-refractivity contribution in [2.45, 2.75) is 19.8 Å². The van der Waals surface area contributed by atoms with Gasteiger partial charge in [-0.3, -0.25) is 9.59 Å². The van der Waals surface area contributed by atoms with Gasteiger partial charge in [0.15, 0.2) is 11.5 Å². The van der Waals surface area contributed by atoms with Crippen molar-refractivity contribution in [3.8, 4) is 11.5 Å². The first-order valence-corrected chi connectivity index (χ1v) is 7.79. The molecule has 1 aromatic rings. The zero-order chi connectivity index (χ0) is 17.0. The summed E-state index contributed by atoms with van der Waals surface area (Å²) in [5.74, 6) is 0.879. The molecular formula is C17H24N2O4. The summed E-state index contributed by atoms with van der Waals surface area (Å²) in [6, 6.07) is 5.33. The number of rotatable bonds is 6. The van der Waals surface area contributed by atoms with Crippen LogP contribution in [0.2, 0.25) is 0 Å². The minimum absolute atomic E-state index is 0.0307. The van der Waals surface area contributed by atoms with Crippen LogP contribution in [-0.2, 0) is 9.59 Å². The maximum absolute atomic E-state index is 12.4. The SMILES string of the molecule is CCCN(C)C(=O)C1CC(=O)N(c2ccc(OC)c(OC)c2)C1. The van der Waals surface area contributed by atoms with Gasteiger partial charge in [-0.1, -0.05) is 6.92 Å². The molecular weight excluding hydrogens is 296 g/mol. The van der Waals surface area contributed by atoms with Gasteiger partial charge < -0.3 is 19.3 Å². The monoisotopic (exact) mass is 320 g/mol. The highest BCUT2D eigenvalue weighted by molar-refractivity contribution is 6.00. The first-order chi connectivity index (χ1) is 11.0. The van der Waals surface area contributed by atoms with Gasteiger partial charge >= 0.3 is 0 Å². The Kier molecular flexibility index (Phi) is 5.47. The minimum Gasteiger partial charge on any atom is -0.493 e. The molecule has 0 radical (unpaired) electrons. The molecule has 2 amide bonds. The van der Waals surface area contributed by atoms with E-state index in [0.29, 0.717) is 24.6 Å². The molecule has 2 rings (SSSR count). The van der Waals surface area contributed by atoms with Crippen LogP contribution in [-0.4, -0.2) is 51.1 Å². The fraction of sp³-hybridized carbons (Fsp3) is 0.529. The topological polar surface area (TPSA) is 59.1 Å². The van der Waals surface area contributed by atoms with Crippen LogP contribution >= 0.6 is 0 Å². The molecule has 1 heterocycles. The molecule has 0 aromatic heterocycles. The standard InChI is InChI=1S/C17H24N2O4/c1-5-8-18(2)17(21)12-9-16(20)19(11-12)13-6-7-14(22-3)15(10-13)23-4/h6-7,10,12H,5,8-9,11H2,1-4H3. The van der Waals surface area contributed by atoms with Crippen LogP contribution in [0.25, 0.3) is 0 Å². The van der Waals surface area contributed by atoms with Gasteiger partial charge in [0.1, 0.15) is 0 Å². The Labute approximate surface area is 137 Å². The molecule has 6 heteroatoms. The summed E-state index contributed by atoms with van der Waals surface area (Å²) in [5, 5.41) is 0. The summed E-state index contributed by atoms with van der Waals surface area (Å²) in [5.41, 5.74) is 0.723. The molecule has 23 heavy (non-hydrogen) atoms. The third-order valence-electron chi connectivity index (χ3n) is 4.09. The van der Waals surface area contributed by atoms with Crippen molar-refractivity contribution in [1.82, 2.24) is 4.90 Å².